The van der Waals surface area contributed by atoms with Crippen LogP contribution in [0.25, 0.3) is 0 Å². The van der Waals surface area contributed by atoms with Gasteiger partial charge >= 0.3 is 0 Å². The molecule has 1 amide bonds. The van der Waals surface area contributed by atoms with E-state index in [4.69, 9.17) is 5.14 Å². The summed E-state index contributed by atoms with van der Waals surface area (Å²) in [5.41, 5.74) is 3.16. The second-order valence-electron chi connectivity index (χ2n) is 5.95. The lowest BCUT2D eigenvalue weighted by Crippen LogP contribution is -2.45. The van der Waals surface area contributed by atoms with Crippen molar-refractivity contribution in [2.24, 2.45) is 5.14 Å². The number of nitrogens with one attached hydrogen (secondary N) is 1. The lowest BCUT2D eigenvalue weighted by atomic mass is 10.1. The molecule has 0 aliphatic heterocycles. The molecule has 1 heterocycles. The Morgan fingerprint density at radius 2 is 1.76 bits per heavy atom. The SMILES string of the molecule is CCc1ccc(C)[n+](CC(=O)NCCc2ccc(S(N)(=O)=O)cc2)c1. The summed E-state index contributed by atoms with van der Waals surface area (Å²) < 4.78 is 24.4. The van der Waals surface area contributed by atoms with E-state index in [9.17, 15) is 13.2 Å². The van der Waals surface area contributed by atoms with Crippen LogP contribution >= 0.6 is 0 Å². The summed E-state index contributed by atoms with van der Waals surface area (Å²) in [5.74, 6) is -0.0532. The first-order valence-electron chi connectivity index (χ1n) is 8.17. The Labute approximate surface area is 148 Å². The van der Waals surface area contributed by atoms with Gasteiger partial charge in [0.1, 0.15) is 0 Å². The number of primary sulfonamides is 1. The van der Waals surface area contributed by atoms with Crippen LogP contribution < -0.4 is 15.0 Å². The molecule has 0 aliphatic carbocycles. The summed E-state index contributed by atoms with van der Waals surface area (Å²) >= 11 is 0. The van der Waals surface area contributed by atoms with Gasteiger partial charge in [-0.2, -0.15) is 4.57 Å². The normalized spacial score (nSPS) is 11.3. The number of nitrogens with zero attached hydrogens (tertiary/aromatic N) is 1. The molecule has 7 heteroatoms. The molecule has 6 nitrogen and oxygen atoms in total. The van der Waals surface area contributed by atoms with Crippen molar-refractivity contribution in [3.05, 3.63) is 59.4 Å². The van der Waals surface area contributed by atoms with Gasteiger partial charge in [0.15, 0.2) is 11.9 Å². The molecule has 25 heavy (non-hydrogen) atoms. The molecule has 0 radical (unpaired) electrons. The highest BCUT2D eigenvalue weighted by Crippen LogP contribution is 2.08. The van der Waals surface area contributed by atoms with E-state index >= 15 is 0 Å². The highest BCUT2D eigenvalue weighted by atomic mass is 32.2. The summed E-state index contributed by atoms with van der Waals surface area (Å²) in [4.78, 5) is 12.2. The lowest BCUT2D eigenvalue weighted by molar-refractivity contribution is -0.690. The Hall–Kier alpha value is -2.25. The fourth-order valence-corrected chi connectivity index (χ4v) is 2.97. The topological polar surface area (TPSA) is 93.1 Å². The maximum atomic E-state index is 12.1. The fourth-order valence-electron chi connectivity index (χ4n) is 2.45. The van der Waals surface area contributed by atoms with Gasteiger partial charge in [0.05, 0.1) is 4.90 Å². The van der Waals surface area contributed by atoms with Crippen molar-refractivity contribution >= 4 is 15.9 Å². The number of sulfonamides is 1. The van der Waals surface area contributed by atoms with Crippen molar-refractivity contribution < 1.29 is 17.8 Å². The molecule has 134 valence electrons. The van der Waals surface area contributed by atoms with Gasteiger partial charge in [-0.25, -0.2) is 13.6 Å². The number of nitrogens with two attached hydrogens (primary N) is 1. The van der Waals surface area contributed by atoms with Crippen molar-refractivity contribution in [3.63, 3.8) is 0 Å². The van der Waals surface area contributed by atoms with Gasteiger partial charge in [-0.1, -0.05) is 19.1 Å². The molecule has 0 atom stereocenters. The maximum Gasteiger partial charge on any atom is 0.286 e. The summed E-state index contributed by atoms with van der Waals surface area (Å²) in [6.07, 6.45) is 3.55. The molecule has 0 unspecified atom stereocenters. The average Bonchev–Trinajstić information content (AvgIpc) is 2.56. The van der Waals surface area contributed by atoms with E-state index < -0.39 is 10.0 Å². The van der Waals surface area contributed by atoms with Gasteiger partial charge in [0.25, 0.3) is 5.91 Å². The van der Waals surface area contributed by atoms with Crippen LogP contribution in [0.2, 0.25) is 0 Å². The Bertz CT molecular complexity index is 846. The molecule has 0 saturated carbocycles. The van der Waals surface area contributed by atoms with E-state index in [0.29, 0.717) is 13.0 Å². The van der Waals surface area contributed by atoms with E-state index in [0.717, 1.165) is 17.7 Å². The minimum Gasteiger partial charge on any atom is -0.350 e. The number of amides is 1. The molecule has 0 aliphatic rings. The molecule has 1 aromatic carbocycles. The van der Waals surface area contributed by atoms with Gasteiger partial charge in [-0.15, -0.1) is 0 Å². The number of aromatic nitrogens is 1. The fraction of sp³-hybridized carbons (Fsp3) is 0.333. The standard InChI is InChI=1S/C18H23N3O3S/c1-3-15-5-4-14(2)21(12-15)13-18(22)20-11-10-16-6-8-17(9-7-16)25(19,23)24/h4-9,12H,3,10-11,13H2,1-2H3,(H2-,19,20,22,23,24)/p+1. The number of carbonyl (C=O) groups excluding carboxylic acids is 1. The second-order valence-corrected chi connectivity index (χ2v) is 7.51. The maximum absolute atomic E-state index is 12.1. The number of benzene rings is 1. The number of carbonyl (C=O) groups is 1. The van der Waals surface area contributed by atoms with Crippen LogP contribution in [0.1, 0.15) is 23.7 Å². The Kier molecular flexibility index (Phi) is 6.27. The quantitative estimate of drug-likeness (QED) is 0.715. The third kappa shape index (κ3) is 5.65. The number of rotatable bonds is 7. The summed E-state index contributed by atoms with van der Waals surface area (Å²) in [6, 6.07) is 10.4. The average molecular weight is 362 g/mol. The Morgan fingerprint density at radius 3 is 2.36 bits per heavy atom. The highest BCUT2D eigenvalue weighted by molar-refractivity contribution is 7.89. The molecule has 0 saturated heterocycles. The first-order chi connectivity index (χ1) is 11.8. The Balaban J connectivity index is 1.86. The second kappa shape index (κ2) is 8.22. The molecular weight excluding hydrogens is 338 g/mol. The zero-order valence-electron chi connectivity index (χ0n) is 14.5. The van der Waals surface area contributed by atoms with Crippen LogP contribution in [0.5, 0.6) is 0 Å². The third-order valence-corrected chi connectivity index (χ3v) is 4.95. The third-order valence-electron chi connectivity index (χ3n) is 4.02. The van der Waals surface area contributed by atoms with Crippen LogP contribution in [0.3, 0.4) is 0 Å². The first kappa shape index (κ1) is 19.1. The van der Waals surface area contributed by atoms with Crippen LogP contribution in [0, 0.1) is 6.92 Å². The minimum atomic E-state index is -3.67. The number of hydrogen-bond acceptors (Lipinski definition) is 3. The van der Waals surface area contributed by atoms with E-state index in [1.807, 2.05) is 23.8 Å². The van der Waals surface area contributed by atoms with Crippen LogP contribution in [-0.2, 0) is 34.2 Å². The molecule has 2 aromatic rings. The van der Waals surface area contributed by atoms with Crippen LogP contribution in [-0.4, -0.2) is 20.9 Å². The van der Waals surface area contributed by atoms with Crippen molar-refractivity contribution in [3.8, 4) is 0 Å². The minimum absolute atomic E-state index is 0.0532. The van der Waals surface area contributed by atoms with Crippen molar-refractivity contribution in [1.29, 1.82) is 0 Å². The van der Waals surface area contributed by atoms with Gasteiger partial charge in [-0.05, 0) is 36.6 Å². The molecule has 2 rings (SSSR count). The molecular formula is C18H24N3O3S+. The number of aryl methyl sites for hydroxylation is 2. The highest BCUT2D eigenvalue weighted by Gasteiger charge is 2.13. The van der Waals surface area contributed by atoms with Crippen molar-refractivity contribution in [2.45, 2.75) is 38.1 Å². The molecule has 0 fully saturated rings. The van der Waals surface area contributed by atoms with Crippen molar-refractivity contribution in [2.75, 3.05) is 6.54 Å². The Morgan fingerprint density at radius 1 is 1.12 bits per heavy atom. The van der Waals surface area contributed by atoms with Gasteiger partial charge < -0.3 is 5.32 Å². The van der Waals surface area contributed by atoms with E-state index in [2.05, 4.69) is 18.3 Å². The predicted molar refractivity (Wildman–Crippen MR) is 95.3 cm³/mol. The smallest absolute Gasteiger partial charge is 0.286 e. The van der Waals surface area contributed by atoms with E-state index in [1.54, 1.807) is 12.1 Å². The van der Waals surface area contributed by atoms with Crippen LogP contribution in [0.4, 0.5) is 0 Å². The molecule has 0 spiro atoms. The molecule has 0 bridgehead atoms. The predicted octanol–water partition coefficient (Wildman–Crippen LogP) is 0.851. The number of pyridine rings is 1. The van der Waals surface area contributed by atoms with E-state index in [-0.39, 0.29) is 17.3 Å². The monoisotopic (exact) mass is 362 g/mol. The largest absolute Gasteiger partial charge is 0.350 e. The lowest BCUT2D eigenvalue weighted by Gasteiger charge is -2.06. The van der Waals surface area contributed by atoms with Gasteiger partial charge in [0, 0.05) is 25.1 Å². The zero-order valence-corrected chi connectivity index (χ0v) is 15.3. The summed E-state index contributed by atoms with van der Waals surface area (Å²) in [7, 11) is -3.67. The van der Waals surface area contributed by atoms with Gasteiger partial charge in [0.2, 0.25) is 16.6 Å². The molecule has 1 aromatic heterocycles. The van der Waals surface area contributed by atoms with Crippen LogP contribution in [0.15, 0.2) is 47.5 Å². The number of hydrogen-bond donors (Lipinski definition) is 2. The summed E-state index contributed by atoms with van der Waals surface area (Å²) in [6.45, 7) is 4.82. The molecule has 3 N–H and O–H groups in total. The first-order valence-corrected chi connectivity index (χ1v) is 9.71. The van der Waals surface area contributed by atoms with Gasteiger partial charge in [-0.3, -0.25) is 4.79 Å². The van der Waals surface area contributed by atoms with Crippen molar-refractivity contribution in [1.82, 2.24) is 5.32 Å². The van der Waals surface area contributed by atoms with E-state index in [1.165, 1.54) is 17.7 Å². The summed E-state index contributed by atoms with van der Waals surface area (Å²) in [5, 5.41) is 7.95. The zero-order chi connectivity index (χ0) is 18.4.